The maximum atomic E-state index is 12.8. The van der Waals surface area contributed by atoms with Gasteiger partial charge in [0.25, 0.3) is 5.91 Å². The van der Waals surface area contributed by atoms with Crippen LogP contribution in [0.2, 0.25) is 0 Å². The Morgan fingerprint density at radius 2 is 2.00 bits per heavy atom. The number of carboxylic acid groups (broad SMARTS) is 1. The predicted octanol–water partition coefficient (Wildman–Crippen LogP) is 2.85. The number of fused-ring (bicyclic) bond motifs is 1. The molecule has 1 amide bonds. The van der Waals surface area contributed by atoms with Gasteiger partial charge in [-0.1, -0.05) is 30.5 Å². The van der Waals surface area contributed by atoms with Crippen LogP contribution in [0, 0.1) is 12.8 Å². The number of nitrogens with zero attached hydrogens (tertiary/aromatic N) is 1. The second kappa shape index (κ2) is 5.51. The third kappa shape index (κ3) is 2.55. The largest absolute Gasteiger partial charge is 0.480 e. The van der Waals surface area contributed by atoms with Crippen LogP contribution in [-0.2, 0) is 4.79 Å². The smallest absolute Gasteiger partial charge is 0.326 e. The van der Waals surface area contributed by atoms with Crippen LogP contribution >= 0.6 is 0 Å². The highest BCUT2D eigenvalue weighted by atomic mass is 16.4. The third-order valence-electron chi connectivity index (χ3n) is 4.87. The van der Waals surface area contributed by atoms with Gasteiger partial charge in [-0.2, -0.15) is 0 Å². The molecule has 0 unspecified atom stereocenters. The number of aryl methyl sites for hydroxylation is 1. The van der Waals surface area contributed by atoms with Crippen LogP contribution in [0.1, 0.15) is 48.0 Å². The summed E-state index contributed by atoms with van der Waals surface area (Å²) in [6.07, 6.45) is 4.83. The highest BCUT2D eigenvalue weighted by Crippen LogP contribution is 2.40. The van der Waals surface area contributed by atoms with Crippen LogP contribution in [0.15, 0.2) is 24.3 Å². The van der Waals surface area contributed by atoms with Crippen molar-refractivity contribution < 1.29 is 14.7 Å². The number of aliphatic carboxylic acids is 1. The summed E-state index contributed by atoms with van der Waals surface area (Å²) in [5.74, 6) is -0.639. The predicted molar refractivity (Wildman–Crippen MR) is 79.1 cm³/mol. The Morgan fingerprint density at radius 3 is 2.71 bits per heavy atom. The minimum absolute atomic E-state index is 0.105. The molecule has 1 heterocycles. The highest BCUT2D eigenvalue weighted by molar-refractivity contribution is 5.97. The minimum Gasteiger partial charge on any atom is -0.480 e. The first-order valence-corrected chi connectivity index (χ1v) is 7.70. The van der Waals surface area contributed by atoms with Gasteiger partial charge >= 0.3 is 5.97 Å². The zero-order chi connectivity index (χ0) is 15.0. The number of hydrogen-bond donors (Lipinski definition) is 1. The lowest BCUT2D eigenvalue weighted by atomic mass is 9.84. The monoisotopic (exact) mass is 287 g/mol. The summed E-state index contributed by atoms with van der Waals surface area (Å²) in [6, 6.07) is 6.87. The molecular weight excluding hydrogens is 266 g/mol. The van der Waals surface area contributed by atoms with E-state index in [1.807, 2.05) is 25.1 Å². The maximum absolute atomic E-state index is 12.8. The SMILES string of the molecule is Cc1cccc(C(=O)N2[C@H](C(=O)O)C[C@H]3CCCC[C@@H]32)c1. The molecule has 1 saturated carbocycles. The van der Waals surface area contributed by atoms with Crippen molar-refractivity contribution in [1.82, 2.24) is 4.90 Å². The summed E-state index contributed by atoms with van der Waals surface area (Å²) in [4.78, 5) is 26.0. The van der Waals surface area contributed by atoms with Crippen LogP contribution in [0.25, 0.3) is 0 Å². The summed E-state index contributed by atoms with van der Waals surface area (Å²) < 4.78 is 0. The molecular formula is C17H21NO3. The van der Waals surface area contributed by atoms with Crippen molar-refractivity contribution in [3.63, 3.8) is 0 Å². The Morgan fingerprint density at radius 1 is 1.24 bits per heavy atom. The fourth-order valence-electron chi connectivity index (χ4n) is 3.90. The Hall–Kier alpha value is -1.84. The Labute approximate surface area is 124 Å². The Bertz CT molecular complexity index is 569. The number of rotatable bonds is 2. The molecule has 2 aliphatic rings. The van der Waals surface area contributed by atoms with E-state index in [9.17, 15) is 14.7 Å². The molecule has 0 spiro atoms. The summed E-state index contributed by atoms with van der Waals surface area (Å²) in [5, 5.41) is 9.49. The molecule has 3 atom stereocenters. The van der Waals surface area contributed by atoms with Gasteiger partial charge in [0.05, 0.1) is 0 Å². The normalized spacial score (nSPS) is 28.2. The van der Waals surface area contributed by atoms with Gasteiger partial charge in [0.15, 0.2) is 0 Å². The van der Waals surface area contributed by atoms with Crippen molar-refractivity contribution in [3.05, 3.63) is 35.4 Å². The number of carboxylic acids is 1. The topological polar surface area (TPSA) is 57.6 Å². The molecule has 0 aromatic heterocycles. The van der Waals surface area contributed by atoms with Gasteiger partial charge in [-0.05, 0) is 44.2 Å². The number of benzene rings is 1. The van der Waals surface area contributed by atoms with Crippen molar-refractivity contribution in [1.29, 1.82) is 0 Å². The summed E-state index contributed by atoms with van der Waals surface area (Å²) in [5.41, 5.74) is 1.62. The van der Waals surface area contributed by atoms with Crippen molar-refractivity contribution in [3.8, 4) is 0 Å². The van der Waals surface area contributed by atoms with Crippen molar-refractivity contribution in [2.45, 2.75) is 51.1 Å². The zero-order valence-corrected chi connectivity index (χ0v) is 12.3. The Balaban J connectivity index is 1.92. The Kier molecular flexibility index (Phi) is 3.70. The van der Waals surface area contributed by atoms with E-state index in [2.05, 4.69) is 0 Å². The minimum atomic E-state index is -0.870. The van der Waals surface area contributed by atoms with Crippen LogP contribution in [-0.4, -0.2) is 34.0 Å². The lowest BCUT2D eigenvalue weighted by molar-refractivity contribution is -0.141. The zero-order valence-electron chi connectivity index (χ0n) is 12.3. The number of carbonyl (C=O) groups is 2. The van der Waals surface area contributed by atoms with Crippen molar-refractivity contribution >= 4 is 11.9 Å². The first-order chi connectivity index (χ1) is 10.1. The van der Waals surface area contributed by atoms with E-state index in [-0.39, 0.29) is 11.9 Å². The van der Waals surface area contributed by atoms with Crippen LogP contribution in [0.3, 0.4) is 0 Å². The second-order valence-electron chi connectivity index (χ2n) is 6.28. The first-order valence-electron chi connectivity index (χ1n) is 7.70. The quantitative estimate of drug-likeness (QED) is 0.910. The van der Waals surface area contributed by atoms with E-state index < -0.39 is 12.0 Å². The first kappa shape index (κ1) is 14.1. The number of amides is 1. The van der Waals surface area contributed by atoms with Gasteiger partial charge in [0, 0.05) is 11.6 Å². The summed E-state index contributed by atoms with van der Waals surface area (Å²) in [6.45, 7) is 1.94. The number of likely N-dealkylation sites (tertiary alicyclic amines) is 1. The molecule has 4 nitrogen and oxygen atoms in total. The molecule has 2 fully saturated rings. The fraction of sp³-hybridized carbons (Fsp3) is 0.529. The van der Waals surface area contributed by atoms with Gasteiger partial charge in [-0.15, -0.1) is 0 Å². The number of carbonyl (C=O) groups excluding carboxylic acids is 1. The third-order valence-corrected chi connectivity index (χ3v) is 4.87. The summed E-state index contributed by atoms with van der Waals surface area (Å²) in [7, 11) is 0. The second-order valence-corrected chi connectivity index (χ2v) is 6.28. The molecule has 1 N–H and O–H groups in total. The van der Waals surface area contributed by atoms with Crippen LogP contribution in [0.4, 0.5) is 0 Å². The van der Waals surface area contributed by atoms with E-state index in [1.165, 1.54) is 0 Å². The molecule has 1 aromatic carbocycles. The van der Waals surface area contributed by atoms with E-state index >= 15 is 0 Å². The molecule has 1 aliphatic carbocycles. The molecule has 1 saturated heterocycles. The lowest BCUT2D eigenvalue weighted by Crippen LogP contribution is -2.46. The maximum Gasteiger partial charge on any atom is 0.326 e. The van der Waals surface area contributed by atoms with E-state index in [4.69, 9.17) is 0 Å². The van der Waals surface area contributed by atoms with E-state index in [0.29, 0.717) is 17.9 Å². The van der Waals surface area contributed by atoms with Crippen LogP contribution in [0.5, 0.6) is 0 Å². The average molecular weight is 287 g/mol. The van der Waals surface area contributed by atoms with E-state index in [0.717, 1.165) is 31.2 Å². The van der Waals surface area contributed by atoms with Gasteiger partial charge in [0.1, 0.15) is 6.04 Å². The molecule has 0 bridgehead atoms. The molecule has 0 radical (unpaired) electrons. The van der Waals surface area contributed by atoms with E-state index in [1.54, 1.807) is 11.0 Å². The molecule has 112 valence electrons. The lowest BCUT2D eigenvalue weighted by Gasteiger charge is -2.33. The van der Waals surface area contributed by atoms with Crippen molar-refractivity contribution in [2.24, 2.45) is 5.92 Å². The van der Waals surface area contributed by atoms with Gasteiger partial charge in [0.2, 0.25) is 0 Å². The molecule has 1 aromatic rings. The van der Waals surface area contributed by atoms with Crippen LogP contribution < -0.4 is 0 Å². The fourth-order valence-corrected chi connectivity index (χ4v) is 3.90. The molecule has 4 heteroatoms. The highest BCUT2D eigenvalue weighted by Gasteiger charge is 2.47. The van der Waals surface area contributed by atoms with Gasteiger partial charge < -0.3 is 10.0 Å². The average Bonchev–Trinajstić information content (AvgIpc) is 2.86. The van der Waals surface area contributed by atoms with Crippen molar-refractivity contribution in [2.75, 3.05) is 0 Å². The standard InChI is InChI=1S/C17H21NO3/c1-11-5-4-7-13(9-11)16(19)18-14-8-3-2-6-12(14)10-15(18)17(20)21/h4-5,7,9,12,14-15H,2-3,6,8,10H2,1H3,(H,20,21)/t12-,14+,15+/m1/s1. The number of hydrogen-bond acceptors (Lipinski definition) is 2. The van der Waals surface area contributed by atoms with Gasteiger partial charge in [-0.25, -0.2) is 4.79 Å². The summed E-state index contributed by atoms with van der Waals surface area (Å²) >= 11 is 0. The molecule has 1 aliphatic heterocycles. The van der Waals surface area contributed by atoms with Gasteiger partial charge in [-0.3, -0.25) is 4.79 Å². The molecule has 3 rings (SSSR count). The molecule has 21 heavy (non-hydrogen) atoms.